The first-order valence-corrected chi connectivity index (χ1v) is 25.7. The molecule has 0 saturated carbocycles. The Morgan fingerprint density at radius 3 is 1.36 bits per heavy atom. The Bertz CT molecular complexity index is 1640. The van der Waals surface area contributed by atoms with Crippen LogP contribution in [0.2, 0.25) is 0 Å². The van der Waals surface area contributed by atoms with Crippen molar-refractivity contribution in [1.29, 1.82) is 0 Å². The van der Waals surface area contributed by atoms with E-state index in [9.17, 15) is 74.7 Å². The average molecular weight is 1070 g/mol. The number of aldehydes is 1. The molecule has 3 fully saturated rings. The van der Waals surface area contributed by atoms with Crippen molar-refractivity contribution >= 4 is 35.7 Å². The fourth-order valence-electron chi connectivity index (χ4n) is 8.42. The normalized spacial score (nSPS) is 31.0. The van der Waals surface area contributed by atoms with Gasteiger partial charge in [0.25, 0.3) is 0 Å². The van der Waals surface area contributed by atoms with Crippen molar-refractivity contribution in [3.05, 3.63) is 0 Å². The molecule has 0 spiro atoms. The number of hydrogen-bond donors (Lipinski definition) is 14. The molecule has 0 aliphatic carbocycles. The SMILES string of the molecule is C[C@@H]1O[C@@H](OCCNC(=O)CN(CC(=O)NCCO[C@@H]2O[C@@H](C)[C@@H](O)[C@@H](O)[C@@H]2O)[C@@H](CCCCCC(=O)CCCCC(=O)N[C@H](C=O)CCCCN)C(=O)NCCO[C@@H]2O[C@@H](C)[C@@H](O)[C@@H](O)[C@@H]2O)[C@@H](O)[C@H](O)[C@@H]1O. The second-order valence-corrected chi connectivity index (χ2v) is 19.0. The number of nitrogens with one attached hydrogen (secondary N) is 4. The molecule has 0 aromatic rings. The minimum atomic E-state index is -1.60. The van der Waals surface area contributed by atoms with Crippen molar-refractivity contribution in [2.75, 3.05) is 59.1 Å². The summed E-state index contributed by atoms with van der Waals surface area (Å²) >= 11 is 0. The summed E-state index contributed by atoms with van der Waals surface area (Å²) in [6.45, 7) is 2.72. The molecule has 3 heterocycles. The van der Waals surface area contributed by atoms with E-state index in [1.54, 1.807) is 0 Å². The third-order valence-electron chi connectivity index (χ3n) is 13.0. The molecule has 3 saturated heterocycles. The van der Waals surface area contributed by atoms with Crippen molar-refractivity contribution in [3.63, 3.8) is 0 Å². The summed E-state index contributed by atoms with van der Waals surface area (Å²) in [4.78, 5) is 78.9. The van der Waals surface area contributed by atoms with Gasteiger partial charge in [-0.1, -0.05) is 12.8 Å². The van der Waals surface area contributed by atoms with Crippen LogP contribution in [-0.2, 0) is 57.2 Å². The van der Waals surface area contributed by atoms with Crippen LogP contribution in [0.3, 0.4) is 0 Å². The van der Waals surface area contributed by atoms with E-state index in [-0.39, 0.29) is 76.8 Å². The number of unbranched alkanes of at least 4 members (excludes halogenated alkanes) is 4. The molecule has 0 aromatic heterocycles. The van der Waals surface area contributed by atoms with Crippen molar-refractivity contribution in [2.24, 2.45) is 5.73 Å². The number of Topliss-reactive ketones (excluding diaryl/α,β-unsaturated/α-hetero) is 1. The molecular weight excluding hydrogens is 985 g/mol. The van der Waals surface area contributed by atoms with Crippen LogP contribution >= 0.6 is 0 Å². The lowest BCUT2D eigenvalue weighted by Crippen LogP contribution is -2.58. The largest absolute Gasteiger partial charge is 0.388 e. The van der Waals surface area contributed by atoms with Crippen LogP contribution in [0.5, 0.6) is 0 Å². The number of nitrogens with two attached hydrogens (primary N) is 1. The number of aliphatic hydroxyl groups is 9. The standard InChI is InChI=1S/C47H84N6O21/c1-26-35(59)38(62)41(65)45(72-26)69-20-17-49-33(57)23-53(24-34(58)50-18-21-70-46-42(66)39(63)36(60)27(2)73-46)31(44(68)51-19-22-71-47-43(67)40(64)37(61)28(3)74-47)14-6-4-5-12-30(55)13-7-8-15-32(56)52-29(25-54)11-9-10-16-48/h25-29,31,35-43,45-47,59-67H,4-24,48H2,1-3H3,(H,49,57)(H,50,58)(H,51,68)(H,52,56)/t26-,27-,28-,29-,31-,35+,36+,37+,38+,39+,40+,41-,42-,43-,45+,46+,47+/m0/s1. The maximum atomic E-state index is 14.1. The van der Waals surface area contributed by atoms with Gasteiger partial charge in [-0.3, -0.25) is 28.9 Å². The number of nitrogens with zero attached hydrogens (tertiary/aromatic N) is 1. The summed E-state index contributed by atoms with van der Waals surface area (Å²) in [7, 11) is 0. The highest BCUT2D eigenvalue weighted by molar-refractivity contribution is 5.86. The van der Waals surface area contributed by atoms with Crippen molar-refractivity contribution in [3.8, 4) is 0 Å². The van der Waals surface area contributed by atoms with Crippen LogP contribution in [0.1, 0.15) is 97.8 Å². The Hall–Kier alpha value is -3.46. The zero-order valence-electron chi connectivity index (χ0n) is 42.7. The Morgan fingerprint density at radius 2 is 0.932 bits per heavy atom. The fourth-order valence-corrected chi connectivity index (χ4v) is 8.42. The van der Waals surface area contributed by atoms with E-state index >= 15 is 0 Å². The van der Waals surface area contributed by atoms with Crippen molar-refractivity contribution < 1.29 is 103 Å². The molecule has 0 radical (unpaired) electrons. The number of rotatable bonds is 35. The Balaban J connectivity index is 1.66. The zero-order chi connectivity index (χ0) is 54.9. The molecule has 27 heteroatoms. The van der Waals surface area contributed by atoms with Gasteiger partial charge in [0.05, 0.1) is 63.3 Å². The van der Waals surface area contributed by atoms with Crippen LogP contribution in [-0.4, -0.2) is 250 Å². The molecule has 3 aliphatic rings. The first kappa shape index (κ1) is 64.8. The van der Waals surface area contributed by atoms with Gasteiger partial charge in [-0.15, -0.1) is 0 Å². The minimum Gasteiger partial charge on any atom is -0.388 e. The highest BCUT2D eigenvalue weighted by Crippen LogP contribution is 2.24. The monoisotopic (exact) mass is 1070 g/mol. The molecule has 17 atom stereocenters. The first-order valence-electron chi connectivity index (χ1n) is 25.7. The lowest BCUT2D eigenvalue weighted by molar-refractivity contribution is -0.292. The summed E-state index contributed by atoms with van der Waals surface area (Å²) in [5.41, 5.74) is 5.50. The number of hydrogen-bond acceptors (Lipinski definition) is 23. The molecule has 4 amide bonds. The smallest absolute Gasteiger partial charge is 0.237 e. The second kappa shape index (κ2) is 34.3. The molecule has 0 bridgehead atoms. The van der Waals surface area contributed by atoms with Gasteiger partial charge in [-0.05, 0) is 72.3 Å². The average Bonchev–Trinajstić information content (AvgIpc) is 3.37. The molecular formula is C47H84N6O21. The zero-order valence-corrected chi connectivity index (χ0v) is 42.7. The fraction of sp³-hybridized carbons (Fsp3) is 0.872. The topological polar surface area (TPSA) is 417 Å². The van der Waals surface area contributed by atoms with Gasteiger partial charge >= 0.3 is 0 Å². The summed E-state index contributed by atoms with van der Waals surface area (Å²) in [6.07, 6.45) is -14.6. The maximum absolute atomic E-state index is 14.1. The lowest BCUT2D eigenvalue weighted by Gasteiger charge is -2.39. The Labute approximate surface area is 431 Å². The Kier molecular flexibility index (Phi) is 30.1. The Morgan fingerprint density at radius 1 is 0.527 bits per heavy atom. The van der Waals surface area contributed by atoms with E-state index in [1.165, 1.54) is 25.7 Å². The molecule has 15 N–H and O–H groups in total. The number of amides is 4. The number of aliphatic hydroxyl groups excluding tert-OH is 9. The van der Waals surface area contributed by atoms with E-state index in [2.05, 4.69) is 21.3 Å². The molecule has 74 heavy (non-hydrogen) atoms. The van der Waals surface area contributed by atoms with Gasteiger partial charge in [0.15, 0.2) is 18.9 Å². The molecule has 3 rings (SSSR count). The van der Waals surface area contributed by atoms with Crippen LogP contribution < -0.4 is 27.0 Å². The quantitative estimate of drug-likeness (QED) is 0.0208. The van der Waals surface area contributed by atoms with E-state index < -0.39 is 135 Å². The summed E-state index contributed by atoms with van der Waals surface area (Å²) in [5.74, 6) is -2.27. The molecule has 428 valence electrons. The highest BCUT2D eigenvalue weighted by atomic mass is 16.7. The van der Waals surface area contributed by atoms with E-state index in [0.29, 0.717) is 57.8 Å². The number of carbonyl (C=O) groups excluding carboxylic acids is 6. The summed E-state index contributed by atoms with van der Waals surface area (Å²) < 4.78 is 32.9. The second-order valence-electron chi connectivity index (χ2n) is 19.0. The predicted molar refractivity (Wildman–Crippen MR) is 257 cm³/mol. The van der Waals surface area contributed by atoms with E-state index in [4.69, 9.17) is 34.2 Å². The third-order valence-corrected chi connectivity index (χ3v) is 13.0. The molecule has 0 unspecified atom stereocenters. The lowest BCUT2D eigenvalue weighted by atomic mass is 10.0. The minimum absolute atomic E-state index is 0.0284. The van der Waals surface area contributed by atoms with E-state index in [0.717, 1.165) is 6.42 Å². The van der Waals surface area contributed by atoms with Gasteiger partial charge < -0.3 is 106 Å². The molecule has 27 nitrogen and oxygen atoms in total. The maximum Gasteiger partial charge on any atom is 0.237 e. The van der Waals surface area contributed by atoms with Crippen molar-refractivity contribution in [1.82, 2.24) is 26.2 Å². The van der Waals surface area contributed by atoms with Gasteiger partial charge in [-0.2, -0.15) is 0 Å². The van der Waals surface area contributed by atoms with Gasteiger partial charge in [0.2, 0.25) is 23.6 Å². The first-order chi connectivity index (χ1) is 35.2. The van der Waals surface area contributed by atoms with E-state index in [1.807, 2.05) is 0 Å². The number of carbonyl (C=O) groups is 6. The van der Waals surface area contributed by atoms with Crippen LogP contribution in [0.15, 0.2) is 0 Å². The number of ether oxygens (including phenoxy) is 6. The summed E-state index contributed by atoms with van der Waals surface area (Å²) in [6, 6.07) is -1.75. The van der Waals surface area contributed by atoms with Gasteiger partial charge in [0, 0.05) is 38.9 Å². The van der Waals surface area contributed by atoms with Crippen LogP contribution in [0.4, 0.5) is 0 Å². The van der Waals surface area contributed by atoms with Crippen molar-refractivity contribution in [2.45, 2.75) is 202 Å². The van der Waals surface area contributed by atoms with Gasteiger partial charge in [-0.25, -0.2) is 0 Å². The molecule has 0 aromatic carbocycles. The van der Waals surface area contributed by atoms with Gasteiger partial charge in [0.1, 0.15) is 67.0 Å². The predicted octanol–water partition coefficient (Wildman–Crippen LogP) is -5.57. The third kappa shape index (κ3) is 21.9. The highest BCUT2D eigenvalue weighted by Gasteiger charge is 2.44. The number of ketones is 1. The van der Waals surface area contributed by atoms with Crippen LogP contribution in [0, 0.1) is 0 Å². The summed E-state index contributed by atoms with van der Waals surface area (Å²) in [5, 5.41) is 102. The van der Waals surface area contributed by atoms with Crippen LogP contribution in [0.25, 0.3) is 0 Å². The molecule has 3 aliphatic heterocycles.